The van der Waals surface area contributed by atoms with Gasteiger partial charge in [-0.2, -0.15) is 5.10 Å². The molecule has 2 aromatic carbocycles. The van der Waals surface area contributed by atoms with E-state index in [1.54, 1.807) is 6.07 Å². The predicted octanol–water partition coefficient (Wildman–Crippen LogP) is 4.64. The molecule has 0 saturated carbocycles. The molecule has 124 valence electrons. The number of aromatic hydroxyl groups is 1. The number of nitrogens with zero attached hydrogens (tertiary/aromatic N) is 2. The average Bonchev–Trinajstić information content (AvgIpc) is 2.96. The van der Waals surface area contributed by atoms with Crippen LogP contribution < -0.4 is 0 Å². The first-order valence-corrected chi connectivity index (χ1v) is 9.36. The maximum atomic E-state index is 10.4. The minimum Gasteiger partial charge on any atom is -0.508 e. The number of benzene rings is 2. The molecule has 5 heteroatoms. The van der Waals surface area contributed by atoms with Crippen molar-refractivity contribution in [1.29, 1.82) is 0 Å². The lowest BCUT2D eigenvalue weighted by molar-refractivity contribution is -0.0368. The standard InChI is InChI=1S/C19H19IN2O2/c20-19-18-14(12-13-6-2-1-3-7-13)16(23)10-9-15(18)22(21-19)17-8-4-5-11-24-17/h1-3,6-7,9-10,17,23H,4-5,8,11-12H2. The van der Waals surface area contributed by atoms with Gasteiger partial charge in [0.05, 0.1) is 5.52 Å². The van der Waals surface area contributed by atoms with Gasteiger partial charge in [-0.3, -0.25) is 0 Å². The smallest absolute Gasteiger partial charge is 0.150 e. The Morgan fingerprint density at radius 2 is 2.00 bits per heavy atom. The van der Waals surface area contributed by atoms with Gasteiger partial charge in [0.1, 0.15) is 9.45 Å². The lowest BCUT2D eigenvalue weighted by atomic mass is 10.0. The Morgan fingerprint density at radius 3 is 2.75 bits per heavy atom. The molecular formula is C19H19IN2O2. The molecule has 1 aliphatic heterocycles. The van der Waals surface area contributed by atoms with Gasteiger partial charge in [-0.05, 0) is 59.5 Å². The monoisotopic (exact) mass is 434 g/mol. The summed E-state index contributed by atoms with van der Waals surface area (Å²) in [6.07, 6.45) is 3.96. The van der Waals surface area contributed by atoms with Crippen molar-refractivity contribution in [1.82, 2.24) is 9.78 Å². The second-order valence-corrected chi connectivity index (χ2v) is 7.20. The maximum Gasteiger partial charge on any atom is 0.150 e. The maximum absolute atomic E-state index is 10.4. The van der Waals surface area contributed by atoms with E-state index in [1.807, 2.05) is 28.9 Å². The van der Waals surface area contributed by atoms with Crippen molar-refractivity contribution >= 4 is 33.5 Å². The van der Waals surface area contributed by atoms with Crippen LogP contribution in [-0.2, 0) is 11.2 Å². The molecule has 1 aromatic heterocycles. The number of rotatable bonds is 3. The highest BCUT2D eigenvalue weighted by molar-refractivity contribution is 14.1. The number of hydrogen-bond acceptors (Lipinski definition) is 3. The first-order valence-electron chi connectivity index (χ1n) is 8.28. The van der Waals surface area contributed by atoms with E-state index < -0.39 is 0 Å². The number of hydrogen-bond donors (Lipinski definition) is 1. The normalized spacial score (nSPS) is 18.1. The van der Waals surface area contributed by atoms with Crippen LogP contribution in [0.3, 0.4) is 0 Å². The first-order chi connectivity index (χ1) is 11.7. The molecule has 1 atom stereocenters. The Kier molecular flexibility index (Phi) is 4.45. The van der Waals surface area contributed by atoms with E-state index in [9.17, 15) is 5.11 Å². The summed E-state index contributed by atoms with van der Waals surface area (Å²) in [5, 5.41) is 16.2. The van der Waals surface area contributed by atoms with E-state index in [4.69, 9.17) is 9.84 Å². The zero-order chi connectivity index (χ0) is 16.5. The third kappa shape index (κ3) is 2.91. The summed E-state index contributed by atoms with van der Waals surface area (Å²) in [7, 11) is 0. The molecule has 3 aromatic rings. The quantitative estimate of drug-likeness (QED) is 0.612. The van der Waals surface area contributed by atoms with Gasteiger partial charge in [0.25, 0.3) is 0 Å². The number of aromatic nitrogens is 2. The van der Waals surface area contributed by atoms with Crippen LogP contribution in [0.1, 0.15) is 36.6 Å². The van der Waals surface area contributed by atoms with Crippen molar-refractivity contribution in [2.24, 2.45) is 0 Å². The molecule has 4 rings (SSSR count). The number of fused-ring (bicyclic) bond motifs is 1. The summed E-state index contributed by atoms with van der Waals surface area (Å²) in [5.41, 5.74) is 3.15. The number of phenols is 1. The van der Waals surface area contributed by atoms with Gasteiger partial charge in [0.15, 0.2) is 6.23 Å². The van der Waals surface area contributed by atoms with E-state index >= 15 is 0 Å². The Hall–Kier alpha value is -1.60. The van der Waals surface area contributed by atoms with E-state index in [1.165, 1.54) is 5.56 Å². The molecular weight excluding hydrogens is 415 g/mol. The van der Waals surface area contributed by atoms with Gasteiger partial charge < -0.3 is 9.84 Å². The highest BCUT2D eigenvalue weighted by Gasteiger charge is 2.22. The molecule has 0 amide bonds. The van der Waals surface area contributed by atoms with Crippen molar-refractivity contribution in [3.8, 4) is 5.75 Å². The van der Waals surface area contributed by atoms with Gasteiger partial charge in [0.2, 0.25) is 0 Å². The third-order valence-corrected chi connectivity index (χ3v) is 5.32. The zero-order valence-electron chi connectivity index (χ0n) is 13.3. The number of ether oxygens (including phenoxy) is 1. The zero-order valence-corrected chi connectivity index (χ0v) is 15.4. The molecule has 24 heavy (non-hydrogen) atoms. The number of halogens is 1. The lowest BCUT2D eigenvalue weighted by Gasteiger charge is -2.23. The van der Waals surface area contributed by atoms with Gasteiger partial charge in [-0.15, -0.1) is 0 Å². The van der Waals surface area contributed by atoms with Crippen LogP contribution in [0.4, 0.5) is 0 Å². The lowest BCUT2D eigenvalue weighted by Crippen LogP contribution is -2.19. The second-order valence-electron chi connectivity index (χ2n) is 6.18. The Bertz CT molecular complexity index is 855. The molecule has 4 nitrogen and oxygen atoms in total. The molecule has 0 aliphatic carbocycles. The van der Waals surface area contributed by atoms with Gasteiger partial charge >= 0.3 is 0 Å². The highest BCUT2D eigenvalue weighted by atomic mass is 127. The van der Waals surface area contributed by atoms with Crippen LogP contribution in [-0.4, -0.2) is 21.5 Å². The average molecular weight is 434 g/mol. The molecule has 1 saturated heterocycles. The largest absolute Gasteiger partial charge is 0.508 e. The Balaban J connectivity index is 1.82. The van der Waals surface area contributed by atoms with Crippen LogP contribution in [0, 0.1) is 3.70 Å². The fraction of sp³-hybridized carbons (Fsp3) is 0.316. The number of phenolic OH excluding ortho intramolecular Hbond substituents is 1. The van der Waals surface area contributed by atoms with E-state index in [2.05, 4.69) is 34.7 Å². The van der Waals surface area contributed by atoms with Crippen LogP contribution in [0.25, 0.3) is 10.9 Å². The first kappa shape index (κ1) is 15.9. The van der Waals surface area contributed by atoms with Crippen LogP contribution in [0.2, 0.25) is 0 Å². The highest BCUT2D eigenvalue weighted by Crippen LogP contribution is 2.35. The topological polar surface area (TPSA) is 47.3 Å². The molecule has 0 radical (unpaired) electrons. The fourth-order valence-corrected chi connectivity index (χ4v) is 4.19. The summed E-state index contributed by atoms with van der Waals surface area (Å²) in [6.45, 7) is 0.789. The molecule has 1 fully saturated rings. The minimum atomic E-state index is -0.00103. The molecule has 0 spiro atoms. The van der Waals surface area contributed by atoms with Crippen LogP contribution in [0.5, 0.6) is 5.75 Å². The molecule has 1 unspecified atom stereocenters. The molecule has 1 aliphatic rings. The fourth-order valence-electron chi connectivity index (χ4n) is 3.36. The van der Waals surface area contributed by atoms with Crippen molar-refractivity contribution in [2.45, 2.75) is 31.9 Å². The summed E-state index contributed by atoms with van der Waals surface area (Å²) in [6, 6.07) is 13.9. The SMILES string of the molecule is Oc1ccc2c(c(I)nn2C2CCCCO2)c1Cc1ccccc1. The van der Waals surface area contributed by atoms with E-state index in [0.717, 1.165) is 46.0 Å². The summed E-state index contributed by atoms with van der Waals surface area (Å²) in [5.74, 6) is 0.327. The molecule has 2 heterocycles. The van der Waals surface area contributed by atoms with Crippen molar-refractivity contribution in [3.63, 3.8) is 0 Å². The Morgan fingerprint density at radius 1 is 1.17 bits per heavy atom. The van der Waals surface area contributed by atoms with Crippen molar-refractivity contribution < 1.29 is 9.84 Å². The summed E-state index contributed by atoms with van der Waals surface area (Å²) >= 11 is 2.26. The van der Waals surface area contributed by atoms with Crippen molar-refractivity contribution in [2.75, 3.05) is 6.61 Å². The molecule has 0 bridgehead atoms. The third-order valence-electron chi connectivity index (χ3n) is 4.57. The van der Waals surface area contributed by atoms with Gasteiger partial charge in [-0.1, -0.05) is 30.3 Å². The van der Waals surface area contributed by atoms with E-state index in [0.29, 0.717) is 12.2 Å². The summed E-state index contributed by atoms with van der Waals surface area (Å²) < 4.78 is 8.81. The van der Waals surface area contributed by atoms with Gasteiger partial charge in [0, 0.05) is 24.0 Å². The molecule has 1 N–H and O–H groups in total. The summed E-state index contributed by atoms with van der Waals surface area (Å²) in [4.78, 5) is 0. The minimum absolute atomic E-state index is 0.00103. The van der Waals surface area contributed by atoms with Crippen LogP contribution in [0.15, 0.2) is 42.5 Å². The van der Waals surface area contributed by atoms with Crippen LogP contribution >= 0.6 is 22.6 Å². The van der Waals surface area contributed by atoms with E-state index in [-0.39, 0.29) is 6.23 Å². The predicted molar refractivity (Wildman–Crippen MR) is 102 cm³/mol. The van der Waals surface area contributed by atoms with Crippen molar-refractivity contribution in [3.05, 3.63) is 57.3 Å². The van der Waals surface area contributed by atoms with Gasteiger partial charge in [-0.25, -0.2) is 4.68 Å². The second kappa shape index (κ2) is 6.72. The Labute approximate surface area is 154 Å².